The third-order valence-corrected chi connectivity index (χ3v) is 4.18. The van der Waals surface area contributed by atoms with Gasteiger partial charge in [-0.05, 0) is 48.5 Å². The van der Waals surface area contributed by atoms with Gasteiger partial charge in [0.25, 0.3) is 11.8 Å². The molecule has 0 atom stereocenters. The van der Waals surface area contributed by atoms with Crippen LogP contribution in [-0.4, -0.2) is 24.6 Å². The molecular formula is C20H15BrFN3O3. The third kappa shape index (κ3) is 5.37. The summed E-state index contributed by atoms with van der Waals surface area (Å²) in [4.78, 5) is 23.6. The zero-order chi connectivity index (χ0) is 19.9. The Kier molecular flexibility index (Phi) is 6.33. The van der Waals surface area contributed by atoms with Gasteiger partial charge in [0.15, 0.2) is 0 Å². The Labute approximate surface area is 168 Å². The molecule has 0 spiro atoms. The minimum absolute atomic E-state index is 0.258. The number of amides is 2. The van der Waals surface area contributed by atoms with Gasteiger partial charge >= 0.3 is 0 Å². The molecule has 0 aliphatic rings. The number of halogens is 2. The molecule has 6 nitrogen and oxygen atoms in total. The lowest BCUT2D eigenvalue weighted by Gasteiger charge is -2.04. The van der Waals surface area contributed by atoms with Crippen LogP contribution >= 0.6 is 15.9 Å². The molecule has 0 saturated heterocycles. The smallest absolute Gasteiger partial charge is 0.259 e. The van der Waals surface area contributed by atoms with Crippen LogP contribution in [0.4, 0.5) is 4.39 Å². The normalized spacial score (nSPS) is 10.8. The fourth-order valence-corrected chi connectivity index (χ4v) is 2.53. The second-order valence-corrected chi connectivity index (χ2v) is 6.61. The molecule has 0 bridgehead atoms. The second-order valence-electron chi connectivity index (χ2n) is 5.69. The van der Waals surface area contributed by atoms with Crippen LogP contribution in [0.3, 0.4) is 0 Å². The van der Waals surface area contributed by atoms with Crippen molar-refractivity contribution in [2.24, 2.45) is 5.10 Å². The van der Waals surface area contributed by atoms with Crippen LogP contribution in [0.5, 0.6) is 0 Å². The summed E-state index contributed by atoms with van der Waals surface area (Å²) >= 11 is 3.38. The summed E-state index contributed by atoms with van der Waals surface area (Å²) in [6, 6.07) is 16.2. The molecule has 0 radical (unpaired) electrons. The van der Waals surface area contributed by atoms with E-state index in [9.17, 15) is 14.0 Å². The number of nitrogens with zero attached hydrogens (tertiary/aromatic N) is 1. The fourth-order valence-electron chi connectivity index (χ4n) is 2.26. The summed E-state index contributed by atoms with van der Waals surface area (Å²) in [5, 5.41) is 6.22. The Morgan fingerprint density at radius 3 is 2.46 bits per heavy atom. The van der Waals surface area contributed by atoms with E-state index in [0.29, 0.717) is 11.5 Å². The number of furan rings is 1. The molecule has 0 aliphatic carbocycles. The monoisotopic (exact) mass is 443 g/mol. The average Bonchev–Trinajstić information content (AvgIpc) is 3.16. The maximum Gasteiger partial charge on any atom is 0.259 e. The highest BCUT2D eigenvalue weighted by Crippen LogP contribution is 2.23. The summed E-state index contributed by atoms with van der Waals surface area (Å²) in [5.41, 5.74) is 3.46. The van der Waals surface area contributed by atoms with E-state index in [1.165, 1.54) is 30.5 Å². The summed E-state index contributed by atoms with van der Waals surface area (Å²) in [5.74, 6) is -0.291. The van der Waals surface area contributed by atoms with E-state index in [1.807, 2.05) is 24.3 Å². The van der Waals surface area contributed by atoms with E-state index in [0.717, 1.165) is 10.0 Å². The summed E-state index contributed by atoms with van der Waals surface area (Å²) in [6.45, 7) is -0.268. The topological polar surface area (TPSA) is 83.7 Å². The van der Waals surface area contributed by atoms with E-state index in [1.54, 1.807) is 12.1 Å². The summed E-state index contributed by atoms with van der Waals surface area (Å²) in [7, 11) is 0. The van der Waals surface area contributed by atoms with E-state index >= 15 is 0 Å². The van der Waals surface area contributed by atoms with Crippen LogP contribution in [0.2, 0.25) is 0 Å². The Bertz CT molecular complexity index is 998. The first-order chi connectivity index (χ1) is 13.5. The number of rotatable bonds is 6. The van der Waals surface area contributed by atoms with Gasteiger partial charge in [0.05, 0.1) is 12.8 Å². The molecule has 3 rings (SSSR count). The lowest BCUT2D eigenvalue weighted by Crippen LogP contribution is -2.34. The molecule has 8 heteroatoms. The number of carbonyl (C=O) groups is 2. The standard InChI is InChI=1S/C20H15BrFN3O3/c21-15-5-1-13(2-6-15)18-10-9-17(28-18)11-24-25-19(26)12-23-20(27)14-3-7-16(22)8-4-14/h1-11H,12H2,(H,23,27)(H,25,26). The summed E-state index contributed by atoms with van der Waals surface area (Å²) in [6.07, 6.45) is 1.36. The Morgan fingerprint density at radius 1 is 1.04 bits per heavy atom. The number of nitrogens with one attached hydrogen (secondary N) is 2. The molecule has 28 heavy (non-hydrogen) atoms. The molecule has 0 unspecified atom stereocenters. The van der Waals surface area contributed by atoms with Crippen molar-refractivity contribution in [3.05, 3.63) is 82.3 Å². The lowest BCUT2D eigenvalue weighted by molar-refractivity contribution is -0.120. The molecule has 1 aromatic heterocycles. The van der Waals surface area contributed by atoms with Gasteiger partial charge in [-0.1, -0.05) is 28.1 Å². The van der Waals surface area contributed by atoms with Crippen molar-refractivity contribution in [2.45, 2.75) is 0 Å². The number of benzene rings is 2. The lowest BCUT2D eigenvalue weighted by atomic mass is 10.2. The summed E-state index contributed by atoms with van der Waals surface area (Å²) < 4.78 is 19.4. The molecule has 2 N–H and O–H groups in total. The number of hydrogen-bond donors (Lipinski definition) is 2. The minimum Gasteiger partial charge on any atom is -0.455 e. The molecule has 0 aliphatic heterocycles. The SMILES string of the molecule is O=C(CNC(=O)c1ccc(F)cc1)NN=Cc1ccc(-c2ccc(Br)cc2)o1. The minimum atomic E-state index is -0.508. The van der Waals surface area contributed by atoms with Crippen molar-refractivity contribution in [1.82, 2.24) is 10.7 Å². The van der Waals surface area contributed by atoms with E-state index in [4.69, 9.17) is 4.42 Å². The van der Waals surface area contributed by atoms with Crippen LogP contribution in [0.25, 0.3) is 11.3 Å². The van der Waals surface area contributed by atoms with Gasteiger partial charge in [0.1, 0.15) is 17.3 Å². The van der Waals surface area contributed by atoms with Gasteiger partial charge in [-0.2, -0.15) is 5.10 Å². The Hall–Kier alpha value is -3.26. The highest BCUT2D eigenvalue weighted by atomic mass is 79.9. The quantitative estimate of drug-likeness (QED) is 0.449. The first kappa shape index (κ1) is 19.5. The van der Waals surface area contributed by atoms with Crippen LogP contribution in [-0.2, 0) is 4.79 Å². The van der Waals surface area contributed by atoms with Crippen molar-refractivity contribution >= 4 is 34.0 Å². The largest absolute Gasteiger partial charge is 0.455 e. The molecular weight excluding hydrogens is 429 g/mol. The van der Waals surface area contributed by atoms with E-state index in [-0.39, 0.29) is 12.1 Å². The zero-order valence-corrected chi connectivity index (χ0v) is 16.1. The van der Waals surface area contributed by atoms with Gasteiger partial charge < -0.3 is 9.73 Å². The molecule has 2 aromatic carbocycles. The fraction of sp³-hybridized carbons (Fsp3) is 0.0500. The maximum absolute atomic E-state index is 12.8. The van der Waals surface area contributed by atoms with Crippen LogP contribution in [0, 0.1) is 5.82 Å². The highest BCUT2D eigenvalue weighted by molar-refractivity contribution is 9.10. The molecule has 0 saturated carbocycles. The molecule has 142 valence electrons. The molecule has 2 amide bonds. The van der Waals surface area contributed by atoms with Gasteiger partial charge in [-0.3, -0.25) is 9.59 Å². The molecule has 3 aromatic rings. The Morgan fingerprint density at radius 2 is 1.75 bits per heavy atom. The average molecular weight is 444 g/mol. The molecule has 0 fully saturated rings. The predicted octanol–water partition coefficient (Wildman–Crippen LogP) is 3.73. The first-order valence-corrected chi connectivity index (χ1v) is 9.02. The zero-order valence-electron chi connectivity index (χ0n) is 14.5. The van der Waals surface area contributed by atoms with Gasteiger partial charge in [0, 0.05) is 15.6 Å². The van der Waals surface area contributed by atoms with E-state index in [2.05, 4.69) is 31.8 Å². The van der Waals surface area contributed by atoms with Crippen molar-refractivity contribution < 1.29 is 18.4 Å². The third-order valence-electron chi connectivity index (χ3n) is 3.65. The van der Waals surface area contributed by atoms with Gasteiger partial charge in [-0.25, -0.2) is 9.82 Å². The van der Waals surface area contributed by atoms with Gasteiger partial charge in [0.2, 0.25) is 0 Å². The maximum atomic E-state index is 12.8. The Balaban J connectivity index is 1.48. The number of carbonyl (C=O) groups excluding carboxylic acids is 2. The van der Waals surface area contributed by atoms with Crippen molar-refractivity contribution in [3.63, 3.8) is 0 Å². The first-order valence-electron chi connectivity index (χ1n) is 8.23. The van der Waals surface area contributed by atoms with Gasteiger partial charge in [-0.15, -0.1) is 0 Å². The second kappa shape index (κ2) is 9.09. The van der Waals surface area contributed by atoms with Crippen molar-refractivity contribution in [2.75, 3.05) is 6.54 Å². The number of hydrogen-bond acceptors (Lipinski definition) is 4. The van der Waals surface area contributed by atoms with E-state index < -0.39 is 17.6 Å². The number of hydrazone groups is 1. The van der Waals surface area contributed by atoms with Crippen LogP contribution in [0.1, 0.15) is 16.1 Å². The highest BCUT2D eigenvalue weighted by Gasteiger charge is 2.08. The van der Waals surface area contributed by atoms with Crippen molar-refractivity contribution in [1.29, 1.82) is 0 Å². The predicted molar refractivity (Wildman–Crippen MR) is 106 cm³/mol. The molecule has 1 heterocycles. The van der Waals surface area contributed by atoms with Crippen LogP contribution < -0.4 is 10.7 Å². The van der Waals surface area contributed by atoms with Crippen molar-refractivity contribution in [3.8, 4) is 11.3 Å². The van der Waals surface area contributed by atoms with Crippen LogP contribution in [0.15, 0.2) is 74.7 Å².